The van der Waals surface area contributed by atoms with E-state index < -0.39 is 0 Å². The first-order valence-electron chi connectivity index (χ1n) is 7.03. The van der Waals surface area contributed by atoms with Crippen molar-refractivity contribution >= 4 is 29.9 Å². The zero-order valence-corrected chi connectivity index (χ0v) is 12.9. The third-order valence-corrected chi connectivity index (χ3v) is 4.08. The van der Waals surface area contributed by atoms with E-state index in [0.29, 0.717) is 6.54 Å². The summed E-state index contributed by atoms with van der Waals surface area (Å²) in [6.07, 6.45) is 1.13. The van der Waals surface area contributed by atoms with Gasteiger partial charge in [-0.05, 0) is 18.1 Å². The molecule has 6 heteroatoms. The lowest BCUT2D eigenvalue weighted by atomic mass is 10.1. The Hall–Kier alpha value is -1.59. The number of rotatable bonds is 2. The van der Waals surface area contributed by atoms with Gasteiger partial charge in [-0.15, -0.1) is 12.4 Å². The topological polar surface area (TPSA) is 52.7 Å². The smallest absolute Gasteiger partial charge is 0.240 e. The van der Waals surface area contributed by atoms with Gasteiger partial charge < -0.3 is 15.1 Å². The van der Waals surface area contributed by atoms with Gasteiger partial charge in [0.15, 0.2) is 0 Å². The average molecular weight is 310 g/mol. The van der Waals surface area contributed by atoms with Crippen LogP contribution >= 0.6 is 12.4 Å². The largest absolute Gasteiger partial charge is 0.343 e. The van der Waals surface area contributed by atoms with Gasteiger partial charge >= 0.3 is 0 Å². The molecule has 3 rings (SSSR count). The minimum atomic E-state index is -0.381. The minimum Gasteiger partial charge on any atom is -0.343 e. The second-order valence-electron chi connectivity index (χ2n) is 5.39. The molecular weight excluding hydrogens is 290 g/mol. The van der Waals surface area contributed by atoms with Crippen molar-refractivity contribution < 1.29 is 9.59 Å². The molecule has 1 atom stereocenters. The third-order valence-electron chi connectivity index (χ3n) is 4.08. The van der Waals surface area contributed by atoms with Crippen LogP contribution in [0.2, 0.25) is 0 Å². The van der Waals surface area contributed by atoms with Crippen LogP contribution in [0.3, 0.4) is 0 Å². The van der Waals surface area contributed by atoms with E-state index in [1.165, 1.54) is 5.56 Å². The van der Waals surface area contributed by atoms with E-state index in [-0.39, 0.29) is 36.7 Å². The molecule has 1 saturated heterocycles. The molecule has 1 aromatic carbocycles. The summed E-state index contributed by atoms with van der Waals surface area (Å²) in [6, 6.07) is 7.59. The van der Waals surface area contributed by atoms with E-state index >= 15 is 0 Å². The maximum Gasteiger partial charge on any atom is 0.240 e. The van der Waals surface area contributed by atoms with Crippen molar-refractivity contribution in [2.24, 2.45) is 0 Å². The highest BCUT2D eigenvalue weighted by Crippen LogP contribution is 2.28. The molecule has 0 radical (unpaired) electrons. The molecular formula is C15H20ClN3O2. The summed E-state index contributed by atoms with van der Waals surface area (Å²) < 4.78 is 0. The molecule has 21 heavy (non-hydrogen) atoms. The van der Waals surface area contributed by atoms with E-state index in [0.717, 1.165) is 25.2 Å². The van der Waals surface area contributed by atoms with Gasteiger partial charge in [0, 0.05) is 32.4 Å². The highest BCUT2D eigenvalue weighted by Gasteiger charge is 2.31. The molecule has 1 unspecified atom stereocenters. The molecule has 0 spiro atoms. The Bertz CT molecular complexity index is 549. The van der Waals surface area contributed by atoms with Crippen molar-refractivity contribution in [3.8, 4) is 0 Å². The number of para-hydroxylation sites is 1. The number of fused-ring (bicyclic) bond motifs is 1. The van der Waals surface area contributed by atoms with Gasteiger partial charge in [-0.2, -0.15) is 0 Å². The zero-order chi connectivity index (χ0) is 14.1. The number of nitrogens with one attached hydrogen (secondary N) is 1. The van der Waals surface area contributed by atoms with Crippen molar-refractivity contribution in [3.05, 3.63) is 29.8 Å². The van der Waals surface area contributed by atoms with Crippen LogP contribution in [0.5, 0.6) is 0 Å². The van der Waals surface area contributed by atoms with Gasteiger partial charge in [-0.25, -0.2) is 0 Å². The summed E-state index contributed by atoms with van der Waals surface area (Å²) in [5, 5.41) is 3.14. The number of likely N-dealkylation sites (N-methyl/N-ethyl adjacent to an activating group) is 1. The molecule has 2 aliphatic heterocycles. The quantitative estimate of drug-likeness (QED) is 0.880. The second-order valence-corrected chi connectivity index (χ2v) is 5.39. The van der Waals surface area contributed by atoms with Crippen molar-refractivity contribution in [2.75, 3.05) is 31.6 Å². The monoisotopic (exact) mass is 309 g/mol. The Balaban J connectivity index is 0.00000161. The number of nitrogens with zero attached hydrogens (tertiary/aromatic N) is 2. The number of halogens is 1. The lowest BCUT2D eigenvalue weighted by Crippen LogP contribution is -2.55. The summed E-state index contributed by atoms with van der Waals surface area (Å²) in [6.45, 7) is 2.17. The van der Waals surface area contributed by atoms with Gasteiger partial charge in [-0.1, -0.05) is 18.2 Å². The van der Waals surface area contributed by atoms with Crippen LogP contribution in [-0.2, 0) is 16.0 Å². The van der Waals surface area contributed by atoms with Crippen LogP contribution in [0.4, 0.5) is 5.69 Å². The average Bonchev–Trinajstić information content (AvgIpc) is 2.88. The van der Waals surface area contributed by atoms with Crippen LogP contribution in [0.25, 0.3) is 0 Å². The van der Waals surface area contributed by atoms with Gasteiger partial charge in [0.1, 0.15) is 0 Å². The summed E-state index contributed by atoms with van der Waals surface area (Å²) >= 11 is 0. The Labute approximate surface area is 130 Å². The highest BCUT2D eigenvalue weighted by atomic mass is 35.5. The molecule has 5 nitrogen and oxygen atoms in total. The van der Waals surface area contributed by atoms with Crippen LogP contribution < -0.4 is 10.2 Å². The molecule has 2 heterocycles. The summed E-state index contributed by atoms with van der Waals surface area (Å²) in [5.41, 5.74) is 2.20. The first-order valence-corrected chi connectivity index (χ1v) is 7.03. The van der Waals surface area contributed by atoms with Gasteiger partial charge in [0.2, 0.25) is 11.8 Å². The Kier molecular flexibility index (Phi) is 4.85. The molecule has 2 aliphatic rings. The number of hydrogen-bond acceptors (Lipinski definition) is 3. The van der Waals surface area contributed by atoms with Crippen LogP contribution in [0.1, 0.15) is 12.0 Å². The molecule has 0 saturated carbocycles. The number of hydrogen-bond donors (Lipinski definition) is 1. The van der Waals surface area contributed by atoms with Gasteiger partial charge in [-0.3, -0.25) is 9.59 Å². The summed E-state index contributed by atoms with van der Waals surface area (Å²) in [4.78, 5) is 27.9. The fraction of sp³-hybridized carbons (Fsp3) is 0.467. The molecule has 0 aliphatic carbocycles. The molecule has 114 valence electrons. The predicted molar refractivity (Wildman–Crippen MR) is 83.8 cm³/mol. The van der Waals surface area contributed by atoms with Gasteiger partial charge in [0.05, 0.1) is 12.5 Å². The second kappa shape index (κ2) is 6.45. The zero-order valence-electron chi connectivity index (χ0n) is 12.0. The number of carbonyl (C=O) groups is 2. The number of anilines is 1. The number of piperazine rings is 1. The molecule has 0 bridgehead atoms. The Morgan fingerprint density at radius 2 is 2.10 bits per heavy atom. The summed E-state index contributed by atoms with van der Waals surface area (Å²) in [5.74, 6) is 0.0354. The number of amides is 2. The van der Waals surface area contributed by atoms with Crippen molar-refractivity contribution in [3.63, 3.8) is 0 Å². The third kappa shape index (κ3) is 3.04. The molecule has 2 amide bonds. The molecule has 1 fully saturated rings. The fourth-order valence-corrected chi connectivity index (χ4v) is 2.91. The summed E-state index contributed by atoms with van der Waals surface area (Å²) in [7, 11) is 1.78. The van der Waals surface area contributed by atoms with E-state index in [9.17, 15) is 9.59 Å². The molecule has 0 aromatic heterocycles. The Morgan fingerprint density at radius 1 is 1.33 bits per heavy atom. The first-order chi connectivity index (χ1) is 9.66. The van der Waals surface area contributed by atoms with Gasteiger partial charge in [0.25, 0.3) is 0 Å². The van der Waals surface area contributed by atoms with E-state index in [4.69, 9.17) is 0 Å². The fourth-order valence-electron chi connectivity index (χ4n) is 2.91. The van der Waals surface area contributed by atoms with Crippen LogP contribution in [0.15, 0.2) is 24.3 Å². The predicted octanol–water partition coefficient (Wildman–Crippen LogP) is 0.818. The minimum absolute atomic E-state index is 0. The first kappa shape index (κ1) is 15.8. The normalized spacial score (nSPS) is 21.0. The number of benzene rings is 1. The van der Waals surface area contributed by atoms with E-state index in [1.54, 1.807) is 16.8 Å². The molecule has 1 aromatic rings. The van der Waals surface area contributed by atoms with E-state index in [2.05, 4.69) is 11.4 Å². The standard InChI is InChI=1S/C15H19N3O2.ClH/c1-17-9-7-16-12(15(17)20)10-14(19)18-8-6-11-4-2-3-5-13(11)18;/h2-5,12,16H,6-10H2,1H3;1H. The van der Waals surface area contributed by atoms with Crippen molar-refractivity contribution in [2.45, 2.75) is 18.9 Å². The van der Waals surface area contributed by atoms with Crippen molar-refractivity contribution in [1.82, 2.24) is 10.2 Å². The highest BCUT2D eigenvalue weighted by molar-refractivity contribution is 5.98. The lowest BCUT2D eigenvalue weighted by molar-refractivity contribution is -0.136. The lowest BCUT2D eigenvalue weighted by Gasteiger charge is -2.31. The van der Waals surface area contributed by atoms with Crippen LogP contribution in [0, 0.1) is 0 Å². The van der Waals surface area contributed by atoms with E-state index in [1.807, 2.05) is 18.2 Å². The maximum absolute atomic E-state index is 12.4. The Morgan fingerprint density at radius 3 is 2.90 bits per heavy atom. The van der Waals surface area contributed by atoms with Crippen LogP contribution in [-0.4, -0.2) is 49.4 Å². The SMILES string of the molecule is CN1CCNC(CC(=O)N2CCc3ccccc32)C1=O.Cl. The van der Waals surface area contributed by atoms with Crippen molar-refractivity contribution in [1.29, 1.82) is 0 Å². The maximum atomic E-state index is 12.4. The number of carbonyl (C=O) groups excluding carboxylic acids is 2. The molecule has 1 N–H and O–H groups in total.